The number of aromatic hydroxyl groups is 2. The van der Waals surface area contributed by atoms with Crippen molar-refractivity contribution in [3.8, 4) is 22.6 Å². The van der Waals surface area contributed by atoms with Gasteiger partial charge in [0.25, 0.3) is 0 Å². The van der Waals surface area contributed by atoms with Crippen molar-refractivity contribution in [3.63, 3.8) is 0 Å². The summed E-state index contributed by atoms with van der Waals surface area (Å²) in [4.78, 5) is 0. The molecule has 0 fully saturated rings. The number of rotatable bonds is 1. The Labute approximate surface area is 144 Å². The molecular weight excluding hydrogens is 389 g/mol. The third kappa shape index (κ3) is 2.61. The Kier molecular flexibility index (Phi) is 4.75. The average Bonchev–Trinajstić information content (AvgIpc) is 2.37. The molecule has 2 rings (SSSR count). The van der Waals surface area contributed by atoms with Gasteiger partial charge in [-0.25, -0.2) is 0 Å². The lowest BCUT2D eigenvalue weighted by atomic mass is 10.0. The van der Waals surface area contributed by atoms with E-state index in [9.17, 15) is 10.2 Å². The molecule has 0 radical (unpaired) electrons. The van der Waals surface area contributed by atoms with Gasteiger partial charge in [0.1, 0.15) is 0 Å². The third-order valence-corrected chi connectivity index (χ3v) is 4.45. The summed E-state index contributed by atoms with van der Waals surface area (Å²) in [5, 5.41) is 19.5. The summed E-state index contributed by atoms with van der Waals surface area (Å²) < 4.78 is 0. The number of phenolic OH excluding ortho intramolecular Hbond substituents is 2. The molecule has 0 amide bonds. The molecule has 2 nitrogen and oxygen atoms in total. The highest BCUT2D eigenvalue weighted by Gasteiger charge is 2.23. The van der Waals surface area contributed by atoms with Crippen molar-refractivity contribution in [1.29, 1.82) is 0 Å². The lowest BCUT2D eigenvalue weighted by Crippen LogP contribution is -1.88. The van der Waals surface area contributed by atoms with Crippen molar-refractivity contribution in [2.75, 3.05) is 0 Å². The van der Waals surface area contributed by atoms with Gasteiger partial charge in [0, 0.05) is 11.1 Å². The smallest absolute Gasteiger partial charge is 0.153 e. The van der Waals surface area contributed by atoms with Gasteiger partial charge in [-0.2, -0.15) is 0 Å². The first-order chi connectivity index (χ1) is 9.25. The van der Waals surface area contributed by atoms with Crippen LogP contribution in [-0.2, 0) is 0 Å². The van der Waals surface area contributed by atoms with Gasteiger partial charge in [-0.05, 0) is 12.1 Å². The molecule has 0 bridgehead atoms. The molecule has 0 unspecified atom stereocenters. The molecule has 0 atom stereocenters. The predicted octanol–water partition coefficient (Wildman–Crippen LogP) is 6.69. The van der Waals surface area contributed by atoms with E-state index in [1.807, 2.05) is 0 Å². The van der Waals surface area contributed by atoms with E-state index < -0.39 is 0 Å². The van der Waals surface area contributed by atoms with Gasteiger partial charge in [-0.1, -0.05) is 69.6 Å². The van der Waals surface area contributed by atoms with Crippen LogP contribution in [0, 0.1) is 0 Å². The molecule has 106 valence electrons. The lowest BCUT2D eigenvalue weighted by Gasteiger charge is -2.14. The van der Waals surface area contributed by atoms with Crippen molar-refractivity contribution < 1.29 is 10.2 Å². The highest BCUT2D eigenvalue weighted by molar-refractivity contribution is 6.48. The minimum absolute atomic E-state index is 0.0193. The van der Waals surface area contributed by atoms with E-state index in [-0.39, 0.29) is 52.8 Å². The van der Waals surface area contributed by atoms with E-state index in [1.54, 1.807) is 0 Å². The predicted molar refractivity (Wildman–Crippen MR) is 85.3 cm³/mol. The van der Waals surface area contributed by atoms with E-state index >= 15 is 0 Å². The molecule has 8 heteroatoms. The van der Waals surface area contributed by atoms with Crippen LogP contribution < -0.4 is 0 Å². The topological polar surface area (TPSA) is 40.5 Å². The second kappa shape index (κ2) is 5.88. The highest BCUT2D eigenvalue weighted by Crippen LogP contribution is 2.51. The minimum atomic E-state index is -0.366. The Morgan fingerprint density at radius 3 is 1.15 bits per heavy atom. The maximum Gasteiger partial charge on any atom is 0.153 e. The molecule has 0 saturated carbocycles. The zero-order valence-corrected chi connectivity index (χ0v) is 13.9. The van der Waals surface area contributed by atoms with E-state index in [4.69, 9.17) is 69.6 Å². The van der Waals surface area contributed by atoms with Crippen LogP contribution in [0.25, 0.3) is 11.1 Å². The van der Waals surface area contributed by atoms with Gasteiger partial charge in [0.2, 0.25) is 0 Å². The Morgan fingerprint density at radius 1 is 0.550 bits per heavy atom. The Hall–Kier alpha value is -0.220. The maximum absolute atomic E-state index is 9.78. The fourth-order valence-electron chi connectivity index (χ4n) is 1.62. The van der Waals surface area contributed by atoms with Crippen molar-refractivity contribution in [2.24, 2.45) is 0 Å². The van der Waals surface area contributed by atoms with E-state index in [2.05, 4.69) is 0 Å². The maximum atomic E-state index is 9.78. The minimum Gasteiger partial charge on any atom is -0.505 e. The van der Waals surface area contributed by atoms with Crippen LogP contribution in [-0.4, -0.2) is 10.2 Å². The first-order valence-corrected chi connectivity index (χ1v) is 7.25. The number of phenols is 2. The first-order valence-electron chi connectivity index (χ1n) is 4.99. The molecule has 0 aliphatic carbocycles. The first kappa shape index (κ1) is 16.2. The second-order valence-electron chi connectivity index (χ2n) is 3.76. The van der Waals surface area contributed by atoms with Crippen LogP contribution in [0.3, 0.4) is 0 Å². The van der Waals surface area contributed by atoms with E-state index in [0.717, 1.165) is 0 Å². The molecule has 2 aromatic carbocycles. The van der Waals surface area contributed by atoms with Gasteiger partial charge >= 0.3 is 0 Å². The zero-order chi connectivity index (χ0) is 15.2. The normalized spacial score (nSPS) is 10.9. The van der Waals surface area contributed by atoms with Crippen LogP contribution in [0.5, 0.6) is 11.5 Å². The summed E-state index contributed by atoms with van der Waals surface area (Å²) >= 11 is 35.7. The summed E-state index contributed by atoms with van der Waals surface area (Å²) in [5.74, 6) is -0.733. The number of hydrogen-bond acceptors (Lipinski definition) is 2. The average molecular weight is 393 g/mol. The molecule has 0 aliphatic rings. The molecule has 0 aliphatic heterocycles. The van der Waals surface area contributed by atoms with Crippen LogP contribution in [0.2, 0.25) is 30.1 Å². The largest absolute Gasteiger partial charge is 0.505 e. The fourth-order valence-corrected chi connectivity index (χ4v) is 3.52. The molecule has 0 aromatic heterocycles. The SMILES string of the molecule is Oc1c(Cl)cc(Cl)c(-c2c(Cl)cc(Cl)c(O)c2Cl)c1Cl. The van der Waals surface area contributed by atoms with E-state index in [0.29, 0.717) is 0 Å². The Bertz CT molecular complexity index is 653. The Morgan fingerprint density at radius 2 is 0.850 bits per heavy atom. The lowest BCUT2D eigenvalue weighted by molar-refractivity contribution is 0.474. The van der Waals surface area contributed by atoms with Gasteiger partial charge in [-0.15, -0.1) is 0 Å². The molecule has 2 aromatic rings. The Balaban J connectivity index is 2.90. The third-order valence-electron chi connectivity index (χ3n) is 2.54. The number of hydrogen-bond donors (Lipinski definition) is 2. The number of benzene rings is 2. The summed E-state index contributed by atoms with van der Waals surface area (Å²) in [6, 6.07) is 2.58. The van der Waals surface area contributed by atoms with Crippen molar-refractivity contribution in [3.05, 3.63) is 42.3 Å². The molecule has 0 saturated heterocycles. The molecule has 20 heavy (non-hydrogen) atoms. The monoisotopic (exact) mass is 390 g/mol. The summed E-state index contributed by atoms with van der Waals surface area (Å²) in [5.41, 5.74) is 0.300. The van der Waals surface area contributed by atoms with Gasteiger partial charge in [0.05, 0.1) is 30.1 Å². The summed E-state index contributed by atoms with van der Waals surface area (Å²) in [6.45, 7) is 0. The van der Waals surface area contributed by atoms with Crippen LogP contribution >= 0.6 is 69.6 Å². The number of halogens is 6. The summed E-state index contributed by atoms with van der Waals surface area (Å²) in [7, 11) is 0. The standard InChI is InChI=1S/C12H4Cl6O2/c13-3-1-5(15)11(19)9(17)7(3)8-4(14)2-6(16)12(20)10(8)18/h1-2,19-20H. The van der Waals surface area contributed by atoms with Gasteiger partial charge in [-0.3, -0.25) is 0 Å². The van der Waals surface area contributed by atoms with Gasteiger partial charge in [0.15, 0.2) is 11.5 Å². The molecule has 0 spiro atoms. The van der Waals surface area contributed by atoms with Crippen LogP contribution in [0.4, 0.5) is 0 Å². The van der Waals surface area contributed by atoms with E-state index in [1.165, 1.54) is 12.1 Å². The van der Waals surface area contributed by atoms with Crippen molar-refractivity contribution in [2.45, 2.75) is 0 Å². The summed E-state index contributed by atoms with van der Waals surface area (Å²) in [6.07, 6.45) is 0. The van der Waals surface area contributed by atoms with Crippen LogP contribution in [0.1, 0.15) is 0 Å². The van der Waals surface area contributed by atoms with Crippen molar-refractivity contribution in [1.82, 2.24) is 0 Å². The quantitative estimate of drug-likeness (QED) is 0.567. The second-order valence-corrected chi connectivity index (χ2v) is 6.14. The molecule has 2 N–H and O–H groups in total. The van der Waals surface area contributed by atoms with Crippen molar-refractivity contribution >= 4 is 69.6 Å². The van der Waals surface area contributed by atoms with Crippen LogP contribution in [0.15, 0.2) is 12.1 Å². The highest BCUT2D eigenvalue weighted by atomic mass is 35.5. The molecule has 0 heterocycles. The molecular formula is C12H4Cl6O2. The fraction of sp³-hybridized carbons (Fsp3) is 0. The zero-order valence-electron chi connectivity index (χ0n) is 9.32. The van der Waals surface area contributed by atoms with Gasteiger partial charge < -0.3 is 10.2 Å².